The van der Waals surface area contributed by atoms with Gasteiger partial charge >= 0.3 is 0 Å². The van der Waals surface area contributed by atoms with Gasteiger partial charge < -0.3 is 9.47 Å². The summed E-state index contributed by atoms with van der Waals surface area (Å²) >= 11 is 0. The molecule has 0 N–H and O–H groups in total. The van der Waals surface area contributed by atoms with Gasteiger partial charge in [-0.05, 0) is 12.8 Å². The summed E-state index contributed by atoms with van der Waals surface area (Å²) in [6, 6.07) is 0. The molecular formula is C9H16O2. The van der Waals surface area contributed by atoms with E-state index in [1.165, 1.54) is 0 Å². The van der Waals surface area contributed by atoms with Crippen molar-refractivity contribution in [2.75, 3.05) is 20.3 Å². The zero-order valence-corrected chi connectivity index (χ0v) is 7.08. The Hall–Kier alpha value is -0.340. The van der Waals surface area contributed by atoms with Crippen LogP contribution in [0.1, 0.15) is 12.8 Å². The summed E-state index contributed by atoms with van der Waals surface area (Å²) in [6.07, 6.45) is 4.41. The van der Waals surface area contributed by atoms with Crippen molar-refractivity contribution in [3.63, 3.8) is 0 Å². The van der Waals surface area contributed by atoms with Gasteiger partial charge in [-0.1, -0.05) is 6.08 Å². The fourth-order valence-electron chi connectivity index (χ4n) is 1.48. The van der Waals surface area contributed by atoms with Crippen LogP contribution >= 0.6 is 0 Å². The number of hydrogen-bond donors (Lipinski definition) is 0. The Morgan fingerprint density at radius 3 is 3.18 bits per heavy atom. The minimum Gasteiger partial charge on any atom is -0.384 e. The van der Waals surface area contributed by atoms with Crippen LogP contribution < -0.4 is 0 Å². The van der Waals surface area contributed by atoms with Crippen molar-refractivity contribution in [2.24, 2.45) is 5.92 Å². The number of ether oxygens (including phenoxy) is 2. The zero-order chi connectivity index (χ0) is 8.10. The van der Waals surface area contributed by atoms with E-state index in [1.54, 1.807) is 7.11 Å². The monoisotopic (exact) mass is 156 g/mol. The van der Waals surface area contributed by atoms with Gasteiger partial charge in [0.05, 0.1) is 19.3 Å². The van der Waals surface area contributed by atoms with Crippen LogP contribution in [0.15, 0.2) is 12.7 Å². The normalized spacial score (nSPS) is 30.6. The lowest BCUT2D eigenvalue weighted by atomic mass is 10.1. The Balaban J connectivity index is 2.17. The second-order valence-corrected chi connectivity index (χ2v) is 3.04. The highest BCUT2D eigenvalue weighted by molar-refractivity contribution is 4.80. The van der Waals surface area contributed by atoms with Crippen molar-refractivity contribution in [3.8, 4) is 0 Å². The first-order valence-corrected chi connectivity index (χ1v) is 4.08. The van der Waals surface area contributed by atoms with E-state index in [1.807, 2.05) is 6.08 Å². The van der Waals surface area contributed by atoms with Crippen molar-refractivity contribution < 1.29 is 9.47 Å². The fraction of sp³-hybridized carbons (Fsp3) is 0.778. The van der Waals surface area contributed by atoms with E-state index in [-0.39, 0.29) is 0 Å². The molecule has 0 aromatic heterocycles. The lowest BCUT2D eigenvalue weighted by Crippen LogP contribution is -2.07. The van der Waals surface area contributed by atoms with Crippen molar-refractivity contribution in [1.82, 2.24) is 0 Å². The van der Waals surface area contributed by atoms with Crippen LogP contribution in [0.4, 0.5) is 0 Å². The number of methoxy groups -OCH3 is 1. The van der Waals surface area contributed by atoms with E-state index in [9.17, 15) is 0 Å². The molecule has 1 saturated heterocycles. The van der Waals surface area contributed by atoms with E-state index in [0.717, 1.165) is 26.1 Å². The quantitative estimate of drug-likeness (QED) is 0.576. The molecule has 0 aromatic rings. The summed E-state index contributed by atoms with van der Waals surface area (Å²) in [4.78, 5) is 0. The Labute approximate surface area is 68.2 Å². The summed E-state index contributed by atoms with van der Waals surface area (Å²) in [6.45, 7) is 5.36. The topological polar surface area (TPSA) is 18.5 Å². The maximum Gasteiger partial charge on any atom is 0.0613 e. The predicted octanol–water partition coefficient (Wildman–Crippen LogP) is 1.61. The average molecular weight is 156 g/mol. The molecule has 1 rings (SSSR count). The average Bonchev–Trinajstić information content (AvgIpc) is 2.38. The van der Waals surface area contributed by atoms with E-state index in [4.69, 9.17) is 9.47 Å². The molecule has 0 aromatic carbocycles. The van der Waals surface area contributed by atoms with E-state index in [0.29, 0.717) is 12.0 Å². The van der Waals surface area contributed by atoms with Crippen LogP contribution in [0, 0.1) is 5.92 Å². The molecule has 1 fully saturated rings. The Bertz CT molecular complexity index is 123. The van der Waals surface area contributed by atoms with Gasteiger partial charge in [0.2, 0.25) is 0 Å². The summed E-state index contributed by atoms with van der Waals surface area (Å²) in [7, 11) is 1.74. The smallest absolute Gasteiger partial charge is 0.0613 e. The van der Waals surface area contributed by atoms with Crippen molar-refractivity contribution in [3.05, 3.63) is 12.7 Å². The molecule has 64 valence electrons. The molecule has 2 atom stereocenters. The molecule has 0 bridgehead atoms. The first-order valence-electron chi connectivity index (χ1n) is 4.08. The van der Waals surface area contributed by atoms with Crippen molar-refractivity contribution in [2.45, 2.75) is 18.9 Å². The highest BCUT2D eigenvalue weighted by Gasteiger charge is 2.23. The van der Waals surface area contributed by atoms with Gasteiger partial charge in [0.25, 0.3) is 0 Å². The van der Waals surface area contributed by atoms with Gasteiger partial charge in [0.15, 0.2) is 0 Å². The molecule has 0 saturated carbocycles. The largest absolute Gasteiger partial charge is 0.384 e. The maximum atomic E-state index is 5.51. The van der Waals surface area contributed by atoms with Crippen LogP contribution in [0.25, 0.3) is 0 Å². The number of rotatable bonds is 4. The fourth-order valence-corrected chi connectivity index (χ4v) is 1.48. The molecule has 0 amide bonds. The third-order valence-corrected chi connectivity index (χ3v) is 2.00. The molecule has 2 nitrogen and oxygen atoms in total. The molecule has 11 heavy (non-hydrogen) atoms. The standard InChI is InChI=1S/C9H16O2/c1-3-4-9-5-8(6-10-2)7-11-9/h3,8-9H,1,4-7H2,2H3/t8-,9+/m1/s1. The van der Waals surface area contributed by atoms with Gasteiger partial charge in [-0.15, -0.1) is 6.58 Å². The Morgan fingerprint density at radius 2 is 2.55 bits per heavy atom. The highest BCUT2D eigenvalue weighted by Crippen LogP contribution is 2.21. The minimum absolute atomic E-state index is 0.396. The summed E-state index contributed by atoms with van der Waals surface area (Å²) < 4.78 is 10.6. The molecule has 2 heteroatoms. The maximum absolute atomic E-state index is 5.51. The summed E-state index contributed by atoms with van der Waals surface area (Å²) in [5.74, 6) is 0.602. The minimum atomic E-state index is 0.396. The third-order valence-electron chi connectivity index (χ3n) is 2.00. The Morgan fingerprint density at radius 1 is 1.73 bits per heavy atom. The predicted molar refractivity (Wildman–Crippen MR) is 44.5 cm³/mol. The highest BCUT2D eigenvalue weighted by atomic mass is 16.5. The summed E-state index contributed by atoms with van der Waals surface area (Å²) in [5.41, 5.74) is 0. The second-order valence-electron chi connectivity index (χ2n) is 3.04. The molecule has 0 radical (unpaired) electrons. The van der Waals surface area contributed by atoms with Crippen LogP contribution in [-0.2, 0) is 9.47 Å². The number of hydrogen-bond acceptors (Lipinski definition) is 2. The first-order chi connectivity index (χ1) is 5.36. The SMILES string of the molecule is C=CC[C@H]1C[C@H](COC)CO1. The van der Waals surface area contributed by atoms with E-state index >= 15 is 0 Å². The lowest BCUT2D eigenvalue weighted by Gasteiger charge is -2.05. The van der Waals surface area contributed by atoms with Gasteiger partial charge in [0, 0.05) is 13.0 Å². The first kappa shape index (κ1) is 8.75. The van der Waals surface area contributed by atoms with Crippen molar-refractivity contribution in [1.29, 1.82) is 0 Å². The van der Waals surface area contributed by atoms with E-state index < -0.39 is 0 Å². The van der Waals surface area contributed by atoms with Crippen LogP contribution in [0.5, 0.6) is 0 Å². The van der Waals surface area contributed by atoms with Gasteiger partial charge in [-0.25, -0.2) is 0 Å². The van der Waals surface area contributed by atoms with Gasteiger partial charge in [-0.2, -0.15) is 0 Å². The third kappa shape index (κ3) is 2.64. The molecular weight excluding hydrogens is 140 g/mol. The van der Waals surface area contributed by atoms with Crippen LogP contribution in [0.2, 0.25) is 0 Å². The molecule has 1 aliphatic rings. The molecule has 1 heterocycles. The Kier molecular flexibility index (Phi) is 3.60. The molecule has 0 aliphatic carbocycles. The summed E-state index contributed by atoms with van der Waals surface area (Å²) in [5, 5.41) is 0. The lowest BCUT2D eigenvalue weighted by molar-refractivity contribution is 0.0961. The molecule has 0 unspecified atom stereocenters. The second kappa shape index (κ2) is 4.52. The van der Waals surface area contributed by atoms with Crippen molar-refractivity contribution >= 4 is 0 Å². The van der Waals surface area contributed by atoms with E-state index in [2.05, 4.69) is 6.58 Å². The van der Waals surface area contributed by atoms with Crippen LogP contribution in [-0.4, -0.2) is 26.4 Å². The molecule has 0 spiro atoms. The zero-order valence-electron chi connectivity index (χ0n) is 7.08. The van der Waals surface area contributed by atoms with Crippen LogP contribution in [0.3, 0.4) is 0 Å². The van der Waals surface area contributed by atoms with Gasteiger partial charge in [0.1, 0.15) is 0 Å². The van der Waals surface area contributed by atoms with Gasteiger partial charge in [-0.3, -0.25) is 0 Å². The molecule has 1 aliphatic heterocycles.